The molecule has 0 radical (unpaired) electrons. The highest BCUT2D eigenvalue weighted by atomic mass is 19.2. The summed E-state index contributed by atoms with van der Waals surface area (Å²) in [5.74, 6) is 0.0497. The average molecular weight is 385 g/mol. The summed E-state index contributed by atoms with van der Waals surface area (Å²) in [6.07, 6.45) is 16.5. The number of hydrogen-bond acceptors (Lipinski definition) is 2. The molecule has 0 aliphatic heterocycles. The lowest BCUT2D eigenvalue weighted by Gasteiger charge is -2.32. The van der Waals surface area contributed by atoms with Gasteiger partial charge < -0.3 is 4.74 Å². The van der Waals surface area contributed by atoms with Crippen LogP contribution >= 0.6 is 0 Å². The van der Waals surface area contributed by atoms with Crippen LogP contribution in [0.3, 0.4) is 0 Å². The molecule has 150 valence electrons. The standard InChI is InChI=1S/C24H29F2NO/c25-23-14-11-21(16-24(23)26)20-9-12-22(13-10-20)28-17-19-7-5-18(6-8-19)4-2-1-3-15-27/h1-4,11,14,16,18-20,22H,5-10,12-13,17H2/b3-1+,4-2+. The van der Waals surface area contributed by atoms with Crippen molar-refractivity contribution in [1.29, 1.82) is 5.26 Å². The van der Waals surface area contributed by atoms with E-state index in [9.17, 15) is 8.78 Å². The van der Waals surface area contributed by atoms with E-state index < -0.39 is 11.6 Å². The van der Waals surface area contributed by atoms with Gasteiger partial charge in [-0.1, -0.05) is 24.3 Å². The quantitative estimate of drug-likeness (QED) is 0.416. The second-order valence-corrected chi connectivity index (χ2v) is 8.13. The van der Waals surface area contributed by atoms with E-state index in [0.717, 1.165) is 37.9 Å². The van der Waals surface area contributed by atoms with Gasteiger partial charge in [0.1, 0.15) is 0 Å². The van der Waals surface area contributed by atoms with Gasteiger partial charge in [0.25, 0.3) is 0 Å². The maximum Gasteiger partial charge on any atom is 0.159 e. The Labute approximate surface area is 166 Å². The molecular formula is C24H29F2NO. The second kappa shape index (κ2) is 10.5. The number of halogens is 2. The van der Waals surface area contributed by atoms with E-state index in [4.69, 9.17) is 10.00 Å². The molecule has 2 nitrogen and oxygen atoms in total. The molecule has 4 heteroatoms. The van der Waals surface area contributed by atoms with Crippen molar-refractivity contribution in [3.8, 4) is 6.07 Å². The van der Waals surface area contributed by atoms with Crippen LogP contribution in [-0.4, -0.2) is 12.7 Å². The highest BCUT2D eigenvalue weighted by molar-refractivity contribution is 5.22. The van der Waals surface area contributed by atoms with Crippen molar-refractivity contribution in [2.75, 3.05) is 6.61 Å². The van der Waals surface area contributed by atoms with Gasteiger partial charge in [-0.15, -0.1) is 0 Å². The summed E-state index contributed by atoms with van der Waals surface area (Å²) < 4.78 is 32.8. The molecule has 2 saturated carbocycles. The number of benzene rings is 1. The van der Waals surface area contributed by atoms with Crippen molar-refractivity contribution in [3.63, 3.8) is 0 Å². The van der Waals surface area contributed by atoms with E-state index in [1.165, 1.54) is 43.9 Å². The van der Waals surface area contributed by atoms with Gasteiger partial charge in [-0.25, -0.2) is 8.78 Å². The molecule has 0 unspecified atom stereocenters. The molecule has 0 aromatic heterocycles. The number of allylic oxidation sites excluding steroid dienone is 4. The molecule has 0 amide bonds. The van der Waals surface area contributed by atoms with E-state index in [0.29, 0.717) is 23.9 Å². The Morgan fingerprint density at radius 1 is 0.964 bits per heavy atom. The normalized spacial score (nSPS) is 28.6. The summed E-state index contributed by atoms with van der Waals surface area (Å²) in [6.45, 7) is 0.839. The van der Waals surface area contributed by atoms with Crippen molar-refractivity contribution >= 4 is 0 Å². The first-order chi connectivity index (χ1) is 13.7. The molecule has 1 aromatic rings. The molecule has 28 heavy (non-hydrogen) atoms. The molecule has 1 aromatic carbocycles. The molecule has 0 heterocycles. The van der Waals surface area contributed by atoms with E-state index in [2.05, 4.69) is 6.08 Å². The van der Waals surface area contributed by atoms with E-state index in [1.807, 2.05) is 12.1 Å². The molecular weight excluding hydrogens is 356 g/mol. The van der Waals surface area contributed by atoms with E-state index in [1.54, 1.807) is 12.1 Å². The fraction of sp³-hybridized carbons (Fsp3) is 0.542. The van der Waals surface area contributed by atoms with Crippen LogP contribution < -0.4 is 0 Å². The molecule has 2 aliphatic rings. The zero-order chi connectivity index (χ0) is 19.8. The first-order valence-corrected chi connectivity index (χ1v) is 10.4. The van der Waals surface area contributed by atoms with Crippen LogP contribution in [0.2, 0.25) is 0 Å². The number of nitriles is 1. The second-order valence-electron chi connectivity index (χ2n) is 8.13. The molecule has 3 rings (SSSR count). The summed E-state index contributed by atoms with van der Waals surface area (Å²) in [6, 6.07) is 6.30. The largest absolute Gasteiger partial charge is 0.378 e. The third kappa shape index (κ3) is 6.01. The summed E-state index contributed by atoms with van der Waals surface area (Å²) >= 11 is 0. The van der Waals surface area contributed by atoms with Gasteiger partial charge in [0.2, 0.25) is 0 Å². The average Bonchev–Trinajstić information content (AvgIpc) is 2.73. The van der Waals surface area contributed by atoms with Gasteiger partial charge >= 0.3 is 0 Å². The molecule has 0 spiro atoms. The van der Waals surface area contributed by atoms with Crippen LogP contribution in [0.1, 0.15) is 62.8 Å². The van der Waals surface area contributed by atoms with Gasteiger partial charge in [0, 0.05) is 12.7 Å². The summed E-state index contributed by atoms with van der Waals surface area (Å²) in [5, 5.41) is 8.48. The van der Waals surface area contributed by atoms with Crippen molar-refractivity contribution in [1.82, 2.24) is 0 Å². The Bertz CT molecular complexity index is 721. The topological polar surface area (TPSA) is 33.0 Å². The zero-order valence-corrected chi connectivity index (χ0v) is 16.3. The Balaban J connectivity index is 1.35. The van der Waals surface area contributed by atoms with Crippen LogP contribution in [-0.2, 0) is 4.74 Å². The Kier molecular flexibility index (Phi) is 7.80. The maximum absolute atomic E-state index is 13.4. The lowest BCUT2D eigenvalue weighted by atomic mass is 9.81. The predicted molar refractivity (Wildman–Crippen MR) is 107 cm³/mol. The first kappa shape index (κ1) is 20.7. The number of hydrogen-bond donors (Lipinski definition) is 0. The van der Waals surface area contributed by atoms with E-state index in [-0.39, 0.29) is 0 Å². The van der Waals surface area contributed by atoms with Crippen LogP contribution in [0.4, 0.5) is 8.78 Å². The summed E-state index contributed by atoms with van der Waals surface area (Å²) in [7, 11) is 0. The smallest absolute Gasteiger partial charge is 0.159 e. The van der Waals surface area contributed by atoms with Crippen molar-refractivity contribution in [3.05, 3.63) is 59.7 Å². The maximum atomic E-state index is 13.4. The van der Waals surface area contributed by atoms with Gasteiger partial charge in [-0.3, -0.25) is 0 Å². The summed E-state index contributed by atoms with van der Waals surface area (Å²) in [4.78, 5) is 0. The minimum absolute atomic E-state index is 0.301. The number of ether oxygens (including phenoxy) is 1. The Morgan fingerprint density at radius 2 is 1.71 bits per heavy atom. The van der Waals surface area contributed by atoms with Crippen molar-refractivity contribution in [2.24, 2.45) is 11.8 Å². The zero-order valence-electron chi connectivity index (χ0n) is 16.3. The van der Waals surface area contributed by atoms with E-state index >= 15 is 0 Å². The molecule has 0 bridgehead atoms. The molecule has 0 N–H and O–H groups in total. The van der Waals surface area contributed by atoms with Crippen LogP contribution in [0.5, 0.6) is 0 Å². The first-order valence-electron chi connectivity index (χ1n) is 10.4. The predicted octanol–water partition coefficient (Wildman–Crippen LogP) is 6.45. The minimum atomic E-state index is -0.774. The number of rotatable bonds is 6. The van der Waals surface area contributed by atoms with Crippen LogP contribution in [0.25, 0.3) is 0 Å². The number of nitrogens with zero attached hydrogens (tertiary/aromatic N) is 1. The third-order valence-corrected chi connectivity index (χ3v) is 6.21. The highest BCUT2D eigenvalue weighted by Crippen LogP contribution is 2.36. The van der Waals surface area contributed by atoms with Crippen molar-refractivity contribution in [2.45, 2.75) is 63.4 Å². The van der Waals surface area contributed by atoms with Gasteiger partial charge in [-0.2, -0.15) is 5.26 Å². The molecule has 2 aliphatic carbocycles. The summed E-state index contributed by atoms with van der Waals surface area (Å²) in [5.41, 5.74) is 0.911. The lowest BCUT2D eigenvalue weighted by Crippen LogP contribution is -2.25. The third-order valence-electron chi connectivity index (χ3n) is 6.21. The Morgan fingerprint density at radius 3 is 2.39 bits per heavy atom. The van der Waals surface area contributed by atoms with Gasteiger partial charge in [-0.05, 0) is 86.8 Å². The molecule has 0 atom stereocenters. The molecule has 2 fully saturated rings. The SMILES string of the molecule is N#C/C=C/C=C/C1CCC(COC2CCC(c3ccc(F)c(F)c3)CC2)CC1. The fourth-order valence-corrected chi connectivity index (χ4v) is 4.47. The lowest BCUT2D eigenvalue weighted by molar-refractivity contribution is -0.00339. The fourth-order valence-electron chi connectivity index (χ4n) is 4.47. The van der Waals surface area contributed by atoms with Gasteiger partial charge in [0.05, 0.1) is 12.2 Å². The highest BCUT2D eigenvalue weighted by Gasteiger charge is 2.25. The monoisotopic (exact) mass is 385 g/mol. The Hall–Kier alpha value is -1.99. The van der Waals surface area contributed by atoms with Crippen LogP contribution in [0.15, 0.2) is 42.5 Å². The molecule has 0 saturated heterocycles. The van der Waals surface area contributed by atoms with Crippen molar-refractivity contribution < 1.29 is 13.5 Å². The van der Waals surface area contributed by atoms with Gasteiger partial charge in [0.15, 0.2) is 11.6 Å². The van der Waals surface area contributed by atoms with Crippen LogP contribution in [0, 0.1) is 34.8 Å². The minimum Gasteiger partial charge on any atom is -0.378 e.